The molecule has 0 aliphatic rings. The molecule has 0 saturated heterocycles. The van der Waals surface area contributed by atoms with E-state index in [4.69, 9.17) is 16.3 Å². The first kappa shape index (κ1) is 22.3. The lowest BCUT2D eigenvalue weighted by molar-refractivity contribution is -0.119. The fourth-order valence-electron chi connectivity index (χ4n) is 2.96. The van der Waals surface area contributed by atoms with Crippen molar-refractivity contribution in [3.8, 4) is 0 Å². The molecule has 0 bridgehead atoms. The quantitative estimate of drug-likeness (QED) is 0.518. The van der Waals surface area contributed by atoms with E-state index in [0.29, 0.717) is 28.6 Å². The highest BCUT2D eigenvalue weighted by molar-refractivity contribution is 6.31. The van der Waals surface area contributed by atoms with Gasteiger partial charge in [-0.2, -0.15) is 5.10 Å². The van der Waals surface area contributed by atoms with Crippen LogP contribution in [-0.2, 0) is 20.9 Å². The van der Waals surface area contributed by atoms with E-state index in [2.05, 4.69) is 15.7 Å². The van der Waals surface area contributed by atoms with Gasteiger partial charge in [0.2, 0.25) is 11.8 Å². The normalized spacial score (nSPS) is 10.9. The maximum atomic E-state index is 12.4. The van der Waals surface area contributed by atoms with Gasteiger partial charge < -0.3 is 15.4 Å². The van der Waals surface area contributed by atoms with Gasteiger partial charge in [0.05, 0.1) is 12.2 Å². The van der Waals surface area contributed by atoms with Gasteiger partial charge in [-0.3, -0.25) is 9.59 Å². The third-order valence-electron chi connectivity index (χ3n) is 4.38. The Morgan fingerprint density at radius 2 is 1.81 bits per heavy atom. The Morgan fingerprint density at radius 1 is 1.10 bits per heavy atom. The molecule has 0 saturated carbocycles. The van der Waals surface area contributed by atoms with Crippen molar-refractivity contribution < 1.29 is 14.3 Å². The van der Waals surface area contributed by atoms with Gasteiger partial charge in [-0.05, 0) is 36.8 Å². The number of amides is 2. The molecule has 160 valence electrons. The molecule has 0 radical (unpaired) electrons. The highest BCUT2D eigenvalue weighted by Gasteiger charge is 2.12. The summed E-state index contributed by atoms with van der Waals surface area (Å²) in [7, 11) is 1.45. The molecular formula is C23H23ClN4O3. The smallest absolute Gasteiger partial charge is 0.250 e. The van der Waals surface area contributed by atoms with Gasteiger partial charge in [-0.1, -0.05) is 48.0 Å². The molecule has 1 aromatic heterocycles. The fourth-order valence-corrected chi connectivity index (χ4v) is 3.26. The van der Waals surface area contributed by atoms with Gasteiger partial charge in [0.25, 0.3) is 0 Å². The molecule has 0 aliphatic carbocycles. The molecule has 3 rings (SSSR count). The summed E-state index contributed by atoms with van der Waals surface area (Å²) in [5, 5.41) is 10.4. The van der Waals surface area contributed by atoms with Gasteiger partial charge in [0.1, 0.15) is 11.8 Å². The number of carbonyl (C=O) groups is 2. The molecule has 2 amide bonds. The minimum absolute atomic E-state index is 0.0443. The number of benzene rings is 2. The number of rotatable bonds is 8. The van der Waals surface area contributed by atoms with E-state index in [9.17, 15) is 9.59 Å². The summed E-state index contributed by atoms with van der Waals surface area (Å²) < 4.78 is 6.49. The summed E-state index contributed by atoms with van der Waals surface area (Å²) in [6.45, 7) is 2.34. The van der Waals surface area contributed by atoms with Crippen LogP contribution in [0.5, 0.6) is 0 Å². The van der Waals surface area contributed by atoms with Crippen LogP contribution >= 0.6 is 11.6 Å². The molecule has 1 heterocycles. The van der Waals surface area contributed by atoms with Crippen LogP contribution < -0.4 is 10.6 Å². The van der Waals surface area contributed by atoms with Crippen molar-refractivity contribution in [1.29, 1.82) is 0 Å². The predicted molar refractivity (Wildman–Crippen MR) is 122 cm³/mol. The van der Waals surface area contributed by atoms with Crippen molar-refractivity contribution in [2.75, 3.05) is 24.4 Å². The van der Waals surface area contributed by atoms with Gasteiger partial charge in [-0.25, -0.2) is 4.68 Å². The van der Waals surface area contributed by atoms with Crippen LogP contribution in [0.3, 0.4) is 0 Å². The number of ether oxygens (including phenoxy) is 1. The Kier molecular flexibility index (Phi) is 7.59. The van der Waals surface area contributed by atoms with Gasteiger partial charge in [0.15, 0.2) is 0 Å². The topological polar surface area (TPSA) is 85.2 Å². The molecule has 2 N–H and O–H groups in total. The second kappa shape index (κ2) is 10.6. The maximum Gasteiger partial charge on any atom is 0.250 e. The van der Waals surface area contributed by atoms with E-state index in [1.807, 2.05) is 37.3 Å². The summed E-state index contributed by atoms with van der Waals surface area (Å²) in [4.78, 5) is 24.0. The van der Waals surface area contributed by atoms with Crippen LogP contribution in [0.25, 0.3) is 6.08 Å². The number of aryl methyl sites for hydroxylation is 1. The van der Waals surface area contributed by atoms with Crippen molar-refractivity contribution in [1.82, 2.24) is 9.78 Å². The Morgan fingerprint density at radius 3 is 2.52 bits per heavy atom. The molecule has 2 aromatic carbocycles. The zero-order valence-electron chi connectivity index (χ0n) is 17.3. The third kappa shape index (κ3) is 6.28. The minimum atomic E-state index is -0.327. The number of hydrogen-bond acceptors (Lipinski definition) is 4. The SMILES string of the molecule is COCC(=O)Nc1cccc(NC(=O)/C=C/c2c(C)nn(Cc3ccccc3)c2Cl)c1. The highest BCUT2D eigenvalue weighted by atomic mass is 35.5. The van der Waals surface area contributed by atoms with Crippen LogP contribution in [0.2, 0.25) is 5.15 Å². The lowest BCUT2D eigenvalue weighted by Crippen LogP contribution is -2.17. The molecule has 0 atom stereocenters. The number of nitrogens with one attached hydrogen (secondary N) is 2. The standard InChI is InChI=1S/C23H23ClN4O3/c1-16-20(23(24)28(27-16)14-17-7-4-3-5-8-17)11-12-21(29)25-18-9-6-10-19(13-18)26-22(30)15-31-2/h3-13H,14-15H2,1-2H3,(H,25,29)(H,26,30)/b12-11+. The number of halogens is 1. The molecule has 0 fully saturated rings. The third-order valence-corrected chi connectivity index (χ3v) is 4.77. The van der Waals surface area contributed by atoms with Gasteiger partial charge >= 0.3 is 0 Å². The average molecular weight is 439 g/mol. The first-order valence-corrected chi connectivity index (χ1v) is 9.99. The van der Waals surface area contributed by atoms with Crippen molar-refractivity contribution in [3.63, 3.8) is 0 Å². The molecule has 0 aliphatic heterocycles. The first-order valence-electron chi connectivity index (χ1n) is 9.61. The van der Waals surface area contributed by atoms with E-state index >= 15 is 0 Å². The van der Waals surface area contributed by atoms with Crippen molar-refractivity contribution >= 4 is 40.9 Å². The van der Waals surface area contributed by atoms with E-state index in [1.165, 1.54) is 13.2 Å². The van der Waals surface area contributed by atoms with E-state index in [0.717, 1.165) is 11.3 Å². The number of nitrogens with zero attached hydrogens (tertiary/aromatic N) is 2. The molecule has 3 aromatic rings. The highest BCUT2D eigenvalue weighted by Crippen LogP contribution is 2.22. The van der Waals surface area contributed by atoms with E-state index in [1.54, 1.807) is 35.0 Å². The fraction of sp³-hybridized carbons (Fsp3) is 0.174. The summed E-state index contributed by atoms with van der Waals surface area (Å²) >= 11 is 6.49. The van der Waals surface area contributed by atoms with Crippen LogP contribution in [0, 0.1) is 6.92 Å². The Balaban J connectivity index is 1.66. The molecule has 0 spiro atoms. The predicted octanol–water partition coefficient (Wildman–Crippen LogP) is 4.13. The number of aromatic nitrogens is 2. The lowest BCUT2D eigenvalue weighted by atomic mass is 10.2. The Labute approximate surface area is 185 Å². The number of methoxy groups -OCH3 is 1. The van der Waals surface area contributed by atoms with Crippen LogP contribution in [0.4, 0.5) is 11.4 Å². The summed E-state index contributed by atoms with van der Waals surface area (Å²) in [5.41, 5.74) is 3.61. The van der Waals surface area contributed by atoms with E-state index in [-0.39, 0.29) is 18.4 Å². The second-order valence-electron chi connectivity index (χ2n) is 6.82. The molecule has 7 nitrogen and oxygen atoms in total. The zero-order chi connectivity index (χ0) is 22.2. The summed E-state index contributed by atoms with van der Waals surface area (Å²) in [6.07, 6.45) is 3.05. The minimum Gasteiger partial charge on any atom is -0.375 e. The van der Waals surface area contributed by atoms with Crippen molar-refractivity contribution in [2.24, 2.45) is 0 Å². The lowest BCUT2D eigenvalue weighted by Gasteiger charge is -2.07. The zero-order valence-corrected chi connectivity index (χ0v) is 18.0. The largest absolute Gasteiger partial charge is 0.375 e. The average Bonchev–Trinajstić information content (AvgIpc) is 3.00. The molecule has 31 heavy (non-hydrogen) atoms. The summed E-state index contributed by atoms with van der Waals surface area (Å²) in [6, 6.07) is 16.7. The van der Waals surface area contributed by atoms with Gasteiger partial charge in [0, 0.05) is 30.1 Å². The Bertz CT molecular complexity index is 1090. The van der Waals surface area contributed by atoms with Crippen LogP contribution in [0.15, 0.2) is 60.7 Å². The van der Waals surface area contributed by atoms with Crippen molar-refractivity contribution in [2.45, 2.75) is 13.5 Å². The first-order chi connectivity index (χ1) is 15.0. The number of anilines is 2. The molecular weight excluding hydrogens is 416 g/mol. The van der Waals surface area contributed by atoms with Gasteiger partial charge in [-0.15, -0.1) is 0 Å². The van der Waals surface area contributed by atoms with Crippen LogP contribution in [-0.4, -0.2) is 35.3 Å². The Hall–Kier alpha value is -3.42. The second-order valence-corrected chi connectivity index (χ2v) is 7.18. The molecule has 0 unspecified atom stereocenters. The van der Waals surface area contributed by atoms with Crippen molar-refractivity contribution in [3.05, 3.63) is 82.6 Å². The monoisotopic (exact) mass is 438 g/mol. The number of carbonyl (C=O) groups excluding carboxylic acids is 2. The summed E-state index contributed by atoms with van der Waals surface area (Å²) in [5.74, 6) is -0.602. The van der Waals surface area contributed by atoms with Crippen LogP contribution in [0.1, 0.15) is 16.8 Å². The molecule has 8 heteroatoms. The number of hydrogen-bond donors (Lipinski definition) is 2. The maximum absolute atomic E-state index is 12.4. The van der Waals surface area contributed by atoms with E-state index < -0.39 is 0 Å².